The molecule has 0 aromatic heterocycles. The Bertz CT molecular complexity index is 585. The van der Waals surface area contributed by atoms with E-state index in [1.165, 1.54) is 6.07 Å². The molecule has 0 amide bonds. The third-order valence-electron chi connectivity index (χ3n) is 2.75. The van der Waals surface area contributed by atoms with Crippen molar-refractivity contribution in [2.24, 2.45) is 5.84 Å². The lowest BCUT2D eigenvalue weighted by atomic mass is 9.98. The van der Waals surface area contributed by atoms with Crippen molar-refractivity contribution in [3.05, 3.63) is 68.1 Å². The van der Waals surface area contributed by atoms with Crippen LogP contribution in [0.3, 0.4) is 0 Å². The molecule has 1 atom stereocenters. The van der Waals surface area contributed by atoms with Crippen LogP contribution in [0.2, 0.25) is 0 Å². The summed E-state index contributed by atoms with van der Waals surface area (Å²) >= 11 is 6.36. The number of hydrogen-bond donors (Lipinski definition) is 2. The van der Waals surface area contributed by atoms with Crippen LogP contribution in [0.25, 0.3) is 0 Å². The summed E-state index contributed by atoms with van der Waals surface area (Å²) in [5.74, 6) is 4.54. The van der Waals surface area contributed by atoms with Gasteiger partial charge in [0.2, 0.25) is 0 Å². The summed E-state index contributed by atoms with van der Waals surface area (Å²) in [5, 5.41) is 0. The number of hydrazine groups is 1. The summed E-state index contributed by atoms with van der Waals surface area (Å²) in [6, 6.07) is 8.56. The van der Waals surface area contributed by atoms with Gasteiger partial charge in [-0.15, -0.1) is 0 Å². The van der Waals surface area contributed by atoms with E-state index in [-0.39, 0.29) is 11.1 Å². The van der Waals surface area contributed by atoms with Crippen LogP contribution >= 0.6 is 31.9 Å². The van der Waals surface area contributed by atoms with Crippen LogP contribution in [0.5, 0.6) is 0 Å². The first kappa shape index (κ1) is 14.6. The molecule has 0 aliphatic carbocycles. The molecule has 0 heterocycles. The van der Waals surface area contributed by atoms with Crippen molar-refractivity contribution in [1.29, 1.82) is 0 Å². The molecule has 100 valence electrons. The van der Waals surface area contributed by atoms with Gasteiger partial charge >= 0.3 is 0 Å². The van der Waals surface area contributed by atoms with Gasteiger partial charge in [0.25, 0.3) is 0 Å². The Balaban J connectivity index is 2.60. The number of nitrogens with one attached hydrogen (secondary N) is 1. The molecule has 0 aliphatic heterocycles. The van der Waals surface area contributed by atoms with Crippen LogP contribution in [0, 0.1) is 11.6 Å². The third kappa shape index (κ3) is 2.86. The third-order valence-corrected chi connectivity index (χ3v) is 4.05. The van der Waals surface area contributed by atoms with E-state index in [2.05, 4.69) is 37.3 Å². The summed E-state index contributed by atoms with van der Waals surface area (Å²) in [6.07, 6.45) is 0. The van der Waals surface area contributed by atoms with Gasteiger partial charge in [-0.25, -0.2) is 14.2 Å². The molecule has 0 fully saturated rings. The van der Waals surface area contributed by atoms with Crippen molar-refractivity contribution in [2.75, 3.05) is 0 Å². The lowest BCUT2D eigenvalue weighted by Crippen LogP contribution is -2.30. The Kier molecular flexibility index (Phi) is 4.67. The summed E-state index contributed by atoms with van der Waals surface area (Å²) in [6.45, 7) is 0. The van der Waals surface area contributed by atoms with Gasteiger partial charge in [0, 0.05) is 15.6 Å². The Morgan fingerprint density at radius 3 is 2.26 bits per heavy atom. The molecule has 0 aliphatic rings. The summed E-state index contributed by atoms with van der Waals surface area (Å²) in [7, 11) is 0. The van der Waals surface area contributed by atoms with Crippen molar-refractivity contribution in [3.63, 3.8) is 0 Å². The van der Waals surface area contributed by atoms with Gasteiger partial charge in [-0.1, -0.05) is 34.1 Å². The van der Waals surface area contributed by atoms with Gasteiger partial charge < -0.3 is 0 Å². The Labute approximate surface area is 126 Å². The minimum absolute atomic E-state index is 0.266. The van der Waals surface area contributed by atoms with Gasteiger partial charge in [0.15, 0.2) is 0 Å². The fraction of sp³-hybridized carbons (Fsp3) is 0.0769. The topological polar surface area (TPSA) is 38.0 Å². The quantitative estimate of drug-likeness (QED) is 0.612. The van der Waals surface area contributed by atoms with E-state index in [0.717, 1.165) is 0 Å². The highest BCUT2D eigenvalue weighted by molar-refractivity contribution is 9.10. The lowest BCUT2D eigenvalue weighted by molar-refractivity contribution is 0.527. The van der Waals surface area contributed by atoms with Crippen LogP contribution in [-0.4, -0.2) is 0 Å². The van der Waals surface area contributed by atoms with Crippen molar-refractivity contribution in [1.82, 2.24) is 5.43 Å². The molecule has 2 aromatic rings. The molecular formula is C13H10Br2F2N2. The zero-order valence-corrected chi connectivity index (χ0v) is 12.8. The van der Waals surface area contributed by atoms with Gasteiger partial charge in [-0.3, -0.25) is 5.84 Å². The molecule has 2 aromatic carbocycles. The molecule has 0 saturated carbocycles. The smallest absolute Gasteiger partial charge is 0.142 e. The minimum Gasteiger partial charge on any atom is -0.271 e. The second kappa shape index (κ2) is 6.09. The van der Waals surface area contributed by atoms with Crippen molar-refractivity contribution >= 4 is 31.9 Å². The van der Waals surface area contributed by atoms with Crippen molar-refractivity contribution in [2.45, 2.75) is 6.04 Å². The minimum atomic E-state index is -0.784. The fourth-order valence-electron chi connectivity index (χ4n) is 1.86. The van der Waals surface area contributed by atoms with E-state index in [1.54, 1.807) is 30.3 Å². The van der Waals surface area contributed by atoms with E-state index < -0.39 is 17.7 Å². The Morgan fingerprint density at radius 2 is 1.63 bits per heavy atom. The maximum Gasteiger partial charge on any atom is 0.142 e. The summed E-state index contributed by atoms with van der Waals surface area (Å²) in [5.41, 5.74) is 2.99. The lowest BCUT2D eigenvalue weighted by Gasteiger charge is -2.20. The van der Waals surface area contributed by atoms with Crippen LogP contribution in [-0.2, 0) is 0 Å². The Morgan fingerprint density at radius 1 is 1.00 bits per heavy atom. The molecule has 6 heteroatoms. The highest BCUT2D eigenvalue weighted by Crippen LogP contribution is 2.33. The molecule has 19 heavy (non-hydrogen) atoms. The van der Waals surface area contributed by atoms with Crippen LogP contribution in [0.4, 0.5) is 8.78 Å². The number of rotatable bonds is 3. The highest BCUT2D eigenvalue weighted by atomic mass is 79.9. The number of nitrogens with two attached hydrogens (primary N) is 1. The molecule has 2 rings (SSSR count). The van der Waals surface area contributed by atoms with Crippen molar-refractivity contribution < 1.29 is 8.78 Å². The maximum absolute atomic E-state index is 14.1. The predicted octanol–water partition coefficient (Wildman–Crippen LogP) is 4.04. The van der Waals surface area contributed by atoms with E-state index in [0.29, 0.717) is 8.95 Å². The monoisotopic (exact) mass is 390 g/mol. The first-order valence-electron chi connectivity index (χ1n) is 5.40. The first-order chi connectivity index (χ1) is 9.06. The second-order valence-corrected chi connectivity index (χ2v) is 5.59. The molecule has 0 radical (unpaired) electrons. The highest BCUT2D eigenvalue weighted by Gasteiger charge is 2.23. The molecule has 1 unspecified atom stereocenters. The first-order valence-corrected chi connectivity index (χ1v) is 6.98. The van der Waals surface area contributed by atoms with Crippen LogP contribution in [0.1, 0.15) is 17.2 Å². The average Bonchev–Trinajstić information content (AvgIpc) is 2.38. The standard InChI is InChI=1S/C13H10Br2F2N2/c14-8-4-2-6-10(16)11(8)13(19-18)7-3-1-5-9(15)12(7)17/h1-6,13,19H,18H2. The number of halogens is 4. The van der Waals surface area contributed by atoms with E-state index in [4.69, 9.17) is 5.84 Å². The SMILES string of the molecule is NNC(c1cccc(Br)c1F)c1c(F)cccc1Br. The van der Waals surface area contributed by atoms with Gasteiger partial charge in [-0.05, 0) is 34.1 Å². The van der Waals surface area contributed by atoms with E-state index in [1.807, 2.05) is 0 Å². The predicted molar refractivity (Wildman–Crippen MR) is 77.4 cm³/mol. The van der Waals surface area contributed by atoms with Gasteiger partial charge in [0.05, 0.1) is 10.5 Å². The molecule has 3 N–H and O–H groups in total. The van der Waals surface area contributed by atoms with Gasteiger partial charge in [0.1, 0.15) is 11.6 Å². The fourth-order valence-corrected chi connectivity index (χ4v) is 2.81. The van der Waals surface area contributed by atoms with Crippen LogP contribution < -0.4 is 11.3 Å². The zero-order valence-electron chi connectivity index (χ0n) is 9.63. The molecule has 0 bridgehead atoms. The van der Waals surface area contributed by atoms with E-state index in [9.17, 15) is 8.78 Å². The van der Waals surface area contributed by atoms with E-state index >= 15 is 0 Å². The summed E-state index contributed by atoms with van der Waals surface area (Å²) < 4.78 is 28.9. The number of benzene rings is 2. The number of hydrogen-bond acceptors (Lipinski definition) is 2. The normalized spacial score (nSPS) is 12.5. The maximum atomic E-state index is 14.1. The van der Waals surface area contributed by atoms with Crippen molar-refractivity contribution in [3.8, 4) is 0 Å². The van der Waals surface area contributed by atoms with Gasteiger partial charge in [-0.2, -0.15) is 0 Å². The average molecular weight is 392 g/mol. The summed E-state index contributed by atoms with van der Waals surface area (Å²) in [4.78, 5) is 0. The Hall–Kier alpha value is -0.820. The molecular weight excluding hydrogens is 382 g/mol. The molecule has 0 saturated heterocycles. The second-order valence-electron chi connectivity index (χ2n) is 3.88. The van der Waals surface area contributed by atoms with Crippen LogP contribution in [0.15, 0.2) is 45.3 Å². The zero-order chi connectivity index (χ0) is 14.0. The molecule has 0 spiro atoms. The largest absolute Gasteiger partial charge is 0.271 e. The molecule has 2 nitrogen and oxygen atoms in total.